The highest BCUT2D eigenvalue weighted by Crippen LogP contribution is 2.30. The highest BCUT2D eigenvalue weighted by Gasteiger charge is 2.17. The highest BCUT2D eigenvalue weighted by molar-refractivity contribution is 5.31. The number of hydrogen-bond acceptors (Lipinski definition) is 1. The molecule has 0 spiro atoms. The smallest absolute Gasteiger partial charge is 0.0306 e. The van der Waals surface area contributed by atoms with E-state index >= 15 is 0 Å². The normalized spacial score (nSPS) is 12.7. The first-order valence-corrected chi connectivity index (χ1v) is 5.74. The molecule has 2 aromatic rings. The van der Waals surface area contributed by atoms with Crippen LogP contribution < -0.4 is 0 Å². The summed E-state index contributed by atoms with van der Waals surface area (Å²) in [4.78, 5) is 4.21. The fourth-order valence-electron chi connectivity index (χ4n) is 2.18. The topological polar surface area (TPSA) is 12.9 Å². The van der Waals surface area contributed by atoms with Crippen molar-refractivity contribution in [2.75, 3.05) is 0 Å². The van der Waals surface area contributed by atoms with Crippen LogP contribution in [-0.2, 0) is 0 Å². The Morgan fingerprint density at radius 1 is 0.875 bits per heavy atom. The maximum atomic E-state index is 4.21. The number of rotatable bonds is 3. The van der Waals surface area contributed by atoms with Gasteiger partial charge in [0.1, 0.15) is 0 Å². The molecule has 0 radical (unpaired) electrons. The predicted octanol–water partition coefficient (Wildman–Crippen LogP) is 3.87. The van der Waals surface area contributed by atoms with Crippen molar-refractivity contribution in [3.63, 3.8) is 0 Å². The molecule has 1 heteroatoms. The largest absolute Gasteiger partial charge is 0.264 e. The van der Waals surface area contributed by atoms with E-state index in [1.54, 1.807) is 0 Å². The van der Waals surface area contributed by atoms with E-state index in [0.29, 0.717) is 11.8 Å². The van der Waals surface area contributed by atoms with Gasteiger partial charge >= 0.3 is 0 Å². The zero-order valence-corrected chi connectivity index (χ0v) is 9.80. The Morgan fingerprint density at radius 2 is 1.56 bits per heavy atom. The molecule has 0 aliphatic rings. The van der Waals surface area contributed by atoms with E-state index in [1.165, 1.54) is 11.1 Å². The van der Waals surface area contributed by atoms with Crippen LogP contribution in [0, 0.1) is 5.92 Å². The van der Waals surface area contributed by atoms with Gasteiger partial charge in [0.25, 0.3) is 0 Å². The predicted molar refractivity (Wildman–Crippen MR) is 67.4 cm³/mol. The van der Waals surface area contributed by atoms with Crippen LogP contribution in [0.2, 0.25) is 0 Å². The maximum absolute atomic E-state index is 4.21. The molecule has 1 unspecified atom stereocenters. The van der Waals surface area contributed by atoms with Gasteiger partial charge in [-0.1, -0.05) is 50.2 Å². The number of benzene rings is 1. The molecule has 1 aromatic heterocycles. The van der Waals surface area contributed by atoms with Crippen molar-refractivity contribution in [3.05, 3.63) is 66.0 Å². The lowest BCUT2D eigenvalue weighted by Crippen LogP contribution is -2.08. The number of pyridine rings is 1. The Hall–Kier alpha value is -1.63. The van der Waals surface area contributed by atoms with E-state index < -0.39 is 0 Å². The number of aromatic nitrogens is 1. The third-order valence-electron chi connectivity index (χ3n) is 2.87. The maximum Gasteiger partial charge on any atom is 0.0306 e. The van der Waals surface area contributed by atoms with Gasteiger partial charge in [-0.15, -0.1) is 0 Å². The molecular formula is C15H17N. The first-order chi connectivity index (χ1) is 7.79. The molecular weight excluding hydrogens is 194 g/mol. The molecule has 1 aromatic carbocycles. The van der Waals surface area contributed by atoms with Crippen molar-refractivity contribution in [2.24, 2.45) is 5.92 Å². The molecule has 1 atom stereocenters. The van der Waals surface area contributed by atoms with E-state index in [0.717, 1.165) is 0 Å². The minimum atomic E-state index is 0.440. The second-order valence-electron chi connectivity index (χ2n) is 4.42. The quantitative estimate of drug-likeness (QED) is 0.751. The van der Waals surface area contributed by atoms with Crippen LogP contribution in [0.15, 0.2) is 54.9 Å². The molecule has 0 aliphatic carbocycles. The molecule has 0 bridgehead atoms. The van der Waals surface area contributed by atoms with Gasteiger partial charge in [0.2, 0.25) is 0 Å². The first-order valence-electron chi connectivity index (χ1n) is 5.74. The van der Waals surface area contributed by atoms with E-state index in [4.69, 9.17) is 0 Å². The second kappa shape index (κ2) is 4.93. The summed E-state index contributed by atoms with van der Waals surface area (Å²) in [5, 5.41) is 0. The Morgan fingerprint density at radius 3 is 2.12 bits per heavy atom. The van der Waals surface area contributed by atoms with Gasteiger partial charge in [-0.2, -0.15) is 0 Å². The Balaban J connectivity index is 2.40. The minimum Gasteiger partial charge on any atom is -0.264 e. The van der Waals surface area contributed by atoms with Gasteiger partial charge in [-0.3, -0.25) is 4.98 Å². The van der Waals surface area contributed by atoms with Crippen LogP contribution >= 0.6 is 0 Å². The molecule has 0 fully saturated rings. The van der Waals surface area contributed by atoms with Gasteiger partial charge < -0.3 is 0 Å². The molecule has 1 heterocycles. The molecule has 2 rings (SSSR count). The Labute approximate surface area is 97.2 Å². The van der Waals surface area contributed by atoms with Gasteiger partial charge in [0.15, 0.2) is 0 Å². The minimum absolute atomic E-state index is 0.440. The van der Waals surface area contributed by atoms with Gasteiger partial charge in [-0.05, 0) is 23.1 Å². The molecule has 82 valence electrons. The monoisotopic (exact) mass is 211 g/mol. The second-order valence-corrected chi connectivity index (χ2v) is 4.42. The summed E-state index contributed by atoms with van der Waals surface area (Å²) in [5.41, 5.74) is 2.66. The molecule has 1 nitrogen and oxygen atoms in total. The van der Waals surface area contributed by atoms with Crippen molar-refractivity contribution in [1.29, 1.82) is 0 Å². The van der Waals surface area contributed by atoms with Crippen LogP contribution in [0.25, 0.3) is 0 Å². The fourth-order valence-corrected chi connectivity index (χ4v) is 2.18. The lowest BCUT2D eigenvalue weighted by atomic mass is 9.83. The van der Waals surface area contributed by atoms with E-state index in [2.05, 4.69) is 55.2 Å². The summed E-state index contributed by atoms with van der Waals surface area (Å²) in [5.74, 6) is 1.02. The molecule has 16 heavy (non-hydrogen) atoms. The zero-order chi connectivity index (χ0) is 11.4. The van der Waals surface area contributed by atoms with Crippen LogP contribution in [0.1, 0.15) is 30.9 Å². The lowest BCUT2D eigenvalue weighted by Gasteiger charge is -2.21. The van der Waals surface area contributed by atoms with Crippen molar-refractivity contribution >= 4 is 0 Å². The van der Waals surface area contributed by atoms with Crippen molar-refractivity contribution < 1.29 is 0 Å². The van der Waals surface area contributed by atoms with E-state index in [9.17, 15) is 0 Å². The summed E-state index contributed by atoms with van der Waals surface area (Å²) in [6.07, 6.45) is 3.80. The van der Waals surface area contributed by atoms with Crippen molar-refractivity contribution in [2.45, 2.75) is 19.8 Å². The third kappa shape index (κ3) is 2.30. The van der Waals surface area contributed by atoms with Crippen LogP contribution in [0.4, 0.5) is 0 Å². The SMILES string of the molecule is CC(C)C(c1ccccc1)c1cccnc1. The van der Waals surface area contributed by atoms with E-state index in [1.807, 2.05) is 18.5 Å². The van der Waals surface area contributed by atoms with Crippen LogP contribution in [0.3, 0.4) is 0 Å². The van der Waals surface area contributed by atoms with Gasteiger partial charge in [0.05, 0.1) is 0 Å². The first kappa shape index (κ1) is 10.9. The van der Waals surface area contributed by atoms with Gasteiger partial charge in [-0.25, -0.2) is 0 Å². The van der Waals surface area contributed by atoms with Crippen molar-refractivity contribution in [3.8, 4) is 0 Å². The van der Waals surface area contributed by atoms with E-state index in [-0.39, 0.29) is 0 Å². The summed E-state index contributed by atoms with van der Waals surface area (Å²) in [6, 6.07) is 14.8. The Bertz CT molecular complexity index is 380. The van der Waals surface area contributed by atoms with Crippen molar-refractivity contribution in [1.82, 2.24) is 4.98 Å². The lowest BCUT2D eigenvalue weighted by molar-refractivity contribution is 0.562. The third-order valence-corrected chi connectivity index (χ3v) is 2.87. The summed E-state index contributed by atoms with van der Waals surface area (Å²) < 4.78 is 0. The average Bonchev–Trinajstić information content (AvgIpc) is 2.31. The molecule has 0 amide bonds. The summed E-state index contributed by atoms with van der Waals surface area (Å²) >= 11 is 0. The molecule has 0 saturated carbocycles. The van der Waals surface area contributed by atoms with Crippen LogP contribution in [0.5, 0.6) is 0 Å². The highest BCUT2D eigenvalue weighted by atomic mass is 14.6. The standard InChI is InChI=1S/C15H17N/c1-12(2)15(13-7-4-3-5-8-13)14-9-6-10-16-11-14/h3-12,15H,1-2H3. The summed E-state index contributed by atoms with van der Waals surface area (Å²) in [6.45, 7) is 4.51. The number of nitrogens with zero attached hydrogens (tertiary/aromatic N) is 1. The average molecular weight is 211 g/mol. The Kier molecular flexibility index (Phi) is 3.35. The van der Waals surface area contributed by atoms with Gasteiger partial charge in [0, 0.05) is 18.3 Å². The zero-order valence-electron chi connectivity index (χ0n) is 9.80. The summed E-state index contributed by atoms with van der Waals surface area (Å²) in [7, 11) is 0. The number of hydrogen-bond donors (Lipinski definition) is 0. The molecule has 0 aliphatic heterocycles. The van der Waals surface area contributed by atoms with Crippen LogP contribution in [-0.4, -0.2) is 4.98 Å². The molecule has 0 saturated heterocycles. The molecule has 0 N–H and O–H groups in total. The fraction of sp³-hybridized carbons (Fsp3) is 0.267.